The lowest BCUT2D eigenvalue weighted by atomic mass is 10.2. The van der Waals surface area contributed by atoms with Crippen LogP contribution in [0, 0.1) is 13.8 Å². The number of hydrogen-bond donors (Lipinski definition) is 1. The average Bonchev–Trinajstić information content (AvgIpc) is 2.72. The van der Waals surface area contributed by atoms with Gasteiger partial charge in [-0.3, -0.25) is 4.79 Å². The fourth-order valence-corrected chi connectivity index (χ4v) is 3.52. The molecule has 0 atom stereocenters. The third-order valence-electron chi connectivity index (χ3n) is 3.95. The first-order valence-electron chi connectivity index (χ1n) is 9.23. The van der Waals surface area contributed by atoms with Crippen molar-refractivity contribution < 1.29 is 9.53 Å². The van der Waals surface area contributed by atoms with Gasteiger partial charge in [-0.05, 0) is 38.1 Å². The van der Waals surface area contributed by atoms with Crippen LogP contribution in [0.5, 0.6) is 5.75 Å². The van der Waals surface area contributed by atoms with Crippen LogP contribution in [0.2, 0.25) is 5.02 Å². The van der Waals surface area contributed by atoms with Gasteiger partial charge in [0, 0.05) is 27.5 Å². The van der Waals surface area contributed by atoms with Crippen molar-refractivity contribution in [3.8, 4) is 5.75 Å². The third-order valence-corrected chi connectivity index (χ3v) is 5.16. The topological polar surface area (TPSA) is 76.5 Å². The van der Waals surface area contributed by atoms with Gasteiger partial charge in [0.1, 0.15) is 12.4 Å². The molecular formula is C22H21ClN4O2S. The van der Waals surface area contributed by atoms with E-state index in [0.29, 0.717) is 22.5 Å². The van der Waals surface area contributed by atoms with Gasteiger partial charge in [0.05, 0.1) is 12.0 Å². The van der Waals surface area contributed by atoms with Crippen molar-refractivity contribution >= 4 is 35.5 Å². The molecule has 0 radical (unpaired) electrons. The molecule has 0 aliphatic heterocycles. The van der Waals surface area contributed by atoms with Crippen LogP contribution in [0.3, 0.4) is 0 Å². The Kier molecular flexibility index (Phi) is 7.82. The van der Waals surface area contributed by atoms with E-state index in [1.54, 1.807) is 6.21 Å². The number of aryl methyl sites for hydroxylation is 2. The number of carbonyl (C=O) groups excluding carboxylic acids is 1. The number of para-hydroxylation sites is 1. The Balaban J connectivity index is 1.54. The third kappa shape index (κ3) is 6.57. The van der Waals surface area contributed by atoms with Gasteiger partial charge in [-0.15, -0.1) is 0 Å². The van der Waals surface area contributed by atoms with Crippen LogP contribution in [-0.2, 0) is 11.4 Å². The summed E-state index contributed by atoms with van der Waals surface area (Å²) in [6.45, 7) is 4.13. The number of hydrogen-bond acceptors (Lipinski definition) is 6. The van der Waals surface area contributed by atoms with Gasteiger partial charge >= 0.3 is 0 Å². The number of aromatic nitrogens is 2. The molecule has 3 aromatic rings. The summed E-state index contributed by atoms with van der Waals surface area (Å²) >= 11 is 7.44. The van der Waals surface area contributed by atoms with E-state index in [9.17, 15) is 4.79 Å². The zero-order valence-corrected chi connectivity index (χ0v) is 18.2. The summed E-state index contributed by atoms with van der Waals surface area (Å²) in [7, 11) is 0. The maximum Gasteiger partial charge on any atom is 0.250 e. The smallest absolute Gasteiger partial charge is 0.250 e. The highest BCUT2D eigenvalue weighted by Gasteiger charge is 2.06. The lowest BCUT2D eigenvalue weighted by molar-refractivity contribution is -0.118. The largest absolute Gasteiger partial charge is 0.488 e. The van der Waals surface area contributed by atoms with Crippen molar-refractivity contribution in [2.75, 3.05) is 5.75 Å². The second-order valence-corrected chi connectivity index (χ2v) is 7.78. The minimum Gasteiger partial charge on any atom is -0.488 e. The molecule has 1 N–H and O–H groups in total. The Morgan fingerprint density at radius 3 is 2.60 bits per heavy atom. The molecule has 6 nitrogen and oxygen atoms in total. The molecule has 1 heterocycles. The van der Waals surface area contributed by atoms with Gasteiger partial charge in [-0.2, -0.15) is 5.10 Å². The van der Waals surface area contributed by atoms with Crippen LogP contribution in [-0.4, -0.2) is 27.8 Å². The average molecular weight is 441 g/mol. The Hall–Kier alpha value is -2.90. The first kappa shape index (κ1) is 21.8. The van der Waals surface area contributed by atoms with Crippen LogP contribution in [0.4, 0.5) is 0 Å². The highest BCUT2D eigenvalue weighted by molar-refractivity contribution is 7.99. The first-order valence-corrected chi connectivity index (χ1v) is 10.6. The van der Waals surface area contributed by atoms with Crippen LogP contribution in [0.25, 0.3) is 0 Å². The van der Waals surface area contributed by atoms with Gasteiger partial charge < -0.3 is 4.74 Å². The predicted molar refractivity (Wildman–Crippen MR) is 120 cm³/mol. The van der Waals surface area contributed by atoms with Crippen molar-refractivity contribution in [3.63, 3.8) is 0 Å². The molecule has 0 unspecified atom stereocenters. The lowest BCUT2D eigenvalue weighted by Crippen LogP contribution is -2.20. The fourth-order valence-electron chi connectivity index (χ4n) is 2.58. The maximum atomic E-state index is 12.1. The van der Waals surface area contributed by atoms with Gasteiger partial charge in [0.15, 0.2) is 5.16 Å². The predicted octanol–water partition coefficient (Wildman–Crippen LogP) is 4.57. The number of nitrogens with one attached hydrogen (secondary N) is 1. The molecule has 0 aliphatic carbocycles. The second kappa shape index (κ2) is 10.8. The van der Waals surface area contributed by atoms with Crippen LogP contribution in [0.1, 0.15) is 22.5 Å². The molecule has 30 heavy (non-hydrogen) atoms. The van der Waals surface area contributed by atoms with E-state index in [-0.39, 0.29) is 11.7 Å². The number of halogens is 1. The Morgan fingerprint density at radius 2 is 1.83 bits per heavy atom. The van der Waals surface area contributed by atoms with Crippen molar-refractivity contribution in [2.45, 2.75) is 25.6 Å². The molecule has 0 saturated heterocycles. The van der Waals surface area contributed by atoms with E-state index in [1.165, 1.54) is 11.8 Å². The van der Waals surface area contributed by atoms with E-state index in [0.717, 1.165) is 22.5 Å². The number of ether oxygens (including phenoxy) is 1. The number of thioether (sulfide) groups is 1. The number of rotatable bonds is 8. The summed E-state index contributed by atoms with van der Waals surface area (Å²) in [4.78, 5) is 20.7. The maximum absolute atomic E-state index is 12.1. The summed E-state index contributed by atoms with van der Waals surface area (Å²) in [5.41, 5.74) is 5.90. The lowest BCUT2D eigenvalue weighted by Gasteiger charge is -2.10. The molecule has 0 spiro atoms. The highest BCUT2D eigenvalue weighted by Crippen LogP contribution is 2.21. The fraction of sp³-hybridized carbons (Fsp3) is 0.182. The minimum absolute atomic E-state index is 0.172. The molecule has 1 amide bonds. The van der Waals surface area contributed by atoms with Gasteiger partial charge in [-0.1, -0.05) is 53.7 Å². The highest BCUT2D eigenvalue weighted by atomic mass is 35.5. The molecular weight excluding hydrogens is 420 g/mol. The summed E-state index contributed by atoms with van der Waals surface area (Å²) in [6.07, 6.45) is 1.55. The summed E-state index contributed by atoms with van der Waals surface area (Å²) in [5.74, 6) is 0.576. The van der Waals surface area contributed by atoms with Gasteiger partial charge in [0.25, 0.3) is 5.91 Å². The molecule has 1 aromatic heterocycles. The van der Waals surface area contributed by atoms with Crippen molar-refractivity contribution in [2.24, 2.45) is 5.10 Å². The number of hydrazone groups is 1. The molecule has 0 bridgehead atoms. The van der Waals surface area contributed by atoms with E-state index in [4.69, 9.17) is 16.3 Å². The number of benzene rings is 2. The van der Waals surface area contributed by atoms with Crippen LogP contribution < -0.4 is 10.2 Å². The standard InChI is InChI=1S/C22H21ClN4O2S/c1-15-11-16(2)26-22(25-15)30-14-21(28)27-24-12-17-7-4-6-10-20(17)29-13-18-8-3-5-9-19(18)23/h3-12H,13-14H2,1-2H3,(H,27,28)/b24-12-. The quantitative estimate of drug-likeness (QED) is 0.240. The SMILES string of the molecule is Cc1cc(C)nc(SCC(=O)N/N=C\c2ccccc2OCc2ccccc2Cl)n1. The van der Waals surface area contributed by atoms with E-state index in [1.807, 2.05) is 68.4 Å². The van der Waals surface area contributed by atoms with Crippen molar-refractivity contribution in [1.29, 1.82) is 0 Å². The minimum atomic E-state index is -0.242. The van der Waals surface area contributed by atoms with Crippen LogP contribution >= 0.6 is 23.4 Å². The molecule has 2 aromatic carbocycles. The second-order valence-electron chi connectivity index (χ2n) is 6.43. The normalized spacial score (nSPS) is 10.9. The number of amides is 1. The molecule has 0 aliphatic rings. The summed E-state index contributed by atoms with van der Waals surface area (Å²) in [6, 6.07) is 16.9. The van der Waals surface area contributed by atoms with Crippen LogP contribution in [0.15, 0.2) is 64.9 Å². The zero-order chi connectivity index (χ0) is 21.3. The Labute approximate surface area is 184 Å². The number of carbonyl (C=O) groups is 1. The van der Waals surface area contributed by atoms with E-state index >= 15 is 0 Å². The molecule has 8 heteroatoms. The molecule has 0 fully saturated rings. The summed E-state index contributed by atoms with van der Waals surface area (Å²) in [5, 5.41) is 5.27. The zero-order valence-electron chi connectivity index (χ0n) is 16.6. The molecule has 3 rings (SSSR count). The Morgan fingerprint density at radius 1 is 1.13 bits per heavy atom. The van der Waals surface area contributed by atoms with E-state index in [2.05, 4.69) is 20.5 Å². The van der Waals surface area contributed by atoms with Gasteiger partial charge in [-0.25, -0.2) is 15.4 Å². The van der Waals surface area contributed by atoms with Crippen molar-refractivity contribution in [1.82, 2.24) is 15.4 Å². The van der Waals surface area contributed by atoms with Crippen molar-refractivity contribution in [3.05, 3.63) is 82.1 Å². The molecule has 0 saturated carbocycles. The monoisotopic (exact) mass is 440 g/mol. The Bertz CT molecular complexity index is 1040. The number of nitrogens with zero attached hydrogens (tertiary/aromatic N) is 3. The van der Waals surface area contributed by atoms with E-state index < -0.39 is 0 Å². The van der Waals surface area contributed by atoms with Gasteiger partial charge in [0.2, 0.25) is 0 Å². The first-order chi connectivity index (χ1) is 14.5. The summed E-state index contributed by atoms with van der Waals surface area (Å²) < 4.78 is 5.88. The molecule has 154 valence electrons.